The molecule has 0 aliphatic heterocycles. The lowest BCUT2D eigenvalue weighted by molar-refractivity contribution is -0.167. The number of unbranched alkanes of at least 4 members (excludes halogenated alkanes) is 33. The van der Waals surface area contributed by atoms with E-state index in [0.29, 0.717) is 19.3 Å². The Morgan fingerprint density at radius 3 is 0.924 bits per heavy atom. The number of rotatable bonds is 52. The smallest absolute Gasteiger partial charge is 0.306 e. The van der Waals surface area contributed by atoms with Crippen LogP contribution in [0.25, 0.3) is 0 Å². The highest BCUT2D eigenvalue weighted by molar-refractivity contribution is 5.71. The molecule has 0 saturated heterocycles. The van der Waals surface area contributed by atoms with Crippen molar-refractivity contribution in [1.82, 2.24) is 0 Å². The summed E-state index contributed by atoms with van der Waals surface area (Å²) in [6.45, 7) is 6.54. The molecule has 0 rings (SSSR count). The molecule has 0 aliphatic rings. The van der Waals surface area contributed by atoms with E-state index in [2.05, 4.69) is 69.4 Å². The number of esters is 3. The van der Waals surface area contributed by atoms with Gasteiger partial charge in [0, 0.05) is 19.3 Å². The van der Waals surface area contributed by atoms with Crippen LogP contribution >= 0.6 is 0 Å². The molecule has 66 heavy (non-hydrogen) atoms. The van der Waals surface area contributed by atoms with Crippen molar-refractivity contribution in [3.05, 3.63) is 48.6 Å². The fourth-order valence-electron chi connectivity index (χ4n) is 8.32. The number of ether oxygens (including phenoxy) is 3. The summed E-state index contributed by atoms with van der Waals surface area (Å²) < 4.78 is 16.8. The minimum atomic E-state index is -0.774. The van der Waals surface area contributed by atoms with Gasteiger partial charge in [-0.1, -0.05) is 268 Å². The van der Waals surface area contributed by atoms with Gasteiger partial charge in [0.05, 0.1) is 0 Å². The van der Waals surface area contributed by atoms with Crippen LogP contribution in [-0.2, 0) is 28.6 Å². The highest BCUT2D eigenvalue weighted by atomic mass is 16.6. The second-order valence-electron chi connectivity index (χ2n) is 19.2. The highest BCUT2D eigenvalue weighted by Crippen LogP contribution is 2.17. The molecule has 0 heterocycles. The molecule has 6 heteroatoms. The third-order valence-electron chi connectivity index (χ3n) is 12.6. The van der Waals surface area contributed by atoms with Gasteiger partial charge in [-0.05, 0) is 57.8 Å². The van der Waals surface area contributed by atoms with E-state index >= 15 is 0 Å². The van der Waals surface area contributed by atoms with Crippen molar-refractivity contribution in [3.63, 3.8) is 0 Å². The highest BCUT2D eigenvalue weighted by Gasteiger charge is 2.19. The lowest BCUT2D eigenvalue weighted by Crippen LogP contribution is -2.30. The molecule has 0 bridgehead atoms. The molecule has 0 N–H and O–H groups in total. The maximum absolute atomic E-state index is 12.8. The van der Waals surface area contributed by atoms with E-state index in [1.807, 2.05) is 0 Å². The molecule has 0 spiro atoms. The SMILES string of the molecule is CC/C=C\C/C=C\C/C=C\C/C=C\CCCCCCCCC(=O)OCC(COC(=O)CCCCCCCCCCCC)OC(=O)CCCCCCCCCCCCCCCCCCCCC. The van der Waals surface area contributed by atoms with Gasteiger partial charge in [-0.3, -0.25) is 14.4 Å². The number of hydrogen-bond acceptors (Lipinski definition) is 6. The third kappa shape index (κ3) is 52.3. The van der Waals surface area contributed by atoms with Gasteiger partial charge in [-0.15, -0.1) is 0 Å². The van der Waals surface area contributed by atoms with Crippen LogP contribution in [0.5, 0.6) is 0 Å². The van der Waals surface area contributed by atoms with Crippen LogP contribution in [0.15, 0.2) is 48.6 Å². The topological polar surface area (TPSA) is 78.9 Å². The second kappa shape index (κ2) is 55.0. The largest absolute Gasteiger partial charge is 0.462 e. The molecule has 0 radical (unpaired) electrons. The summed E-state index contributed by atoms with van der Waals surface area (Å²) in [5.41, 5.74) is 0. The quantitative estimate of drug-likeness (QED) is 0.0262. The van der Waals surface area contributed by atoms with Crippen LogP contribution in [0, 0.1) is 0 Å². The average Bonchev–Trinajstić information content (AvgIpc) is 3.31. The zero-order valence-corrected chi connectivity index (χ0v) is 44.0. The summed E-state index contributed by atoms with van der Waals surface area (Å²) in [5, 5.41) is 0. The van der Waals surface area contributed by atoms with Gasteiger partial charge in [0.15, 0.2) is 6.10 Å². The molecule has 0 saturated carbocycles. The Bertz CT molecular complexity index is 1150. The average molecular weight is 926 g/mol. The molecular formula is C60H108O6. The van der Waals surface area contributed by atoms with E-state index in [1.165, 1.54) is 167 Å². The third-order valence-corrected chi connectivity index (χ3v) is 12.6. The van der Waals surface area contributed by atoms with Gasteiger partial charge in [-0.2, -0.15) is 0 Å². The monoisotopic (exact) mass is 925 g/mol. The first-order chi connectivity index (χ1) is 32.5. The molecule has 0 aliphatic carbocycles. The van der Waals surface area contributed by atoms with E-state index in [4.69, 9.17) is 14.2 Å². The summed E-state index contributed by atoms with van der Waals surface area (Å²) in [4.78, 5) is 38.1. The van der Waals surface area contributed by atoms with Gasteiger partial charge < -0.3 is 14.2 Å². The van der Waals surface area contributed by atoms with Crippen LogP contribution in [0.4, 0.5) is 0 Å². The van der Waals surface area contributed by atoms with E-state index in [1.54, 1.807) is 0 Å². The first-order valence-corrected chi connectivity index (χ1v) is 28.6. The second-order valence-corrected chi connectivity index (χ2v) is 19.2. The number of carbonyl (C=O) groups excluding carboxylic acids is 3. The van der Waals surface area contributed by atoms with Crippen molar-refractivity contribution in [2.45, 2.75) is 303 Å². The van der Waals surface area contributed by atoms with Crippen LogP contribution < -0.4 is 0 Å². The lowest BCUT2D eigenvalue weighted by Gasteiger charge is -2.18. The van der Waals surface area contributed by atoms with Gasteiger partial charge >= 0.3 is 17.9 Å². The Morgan fingerprint density at radius 2 is 0.591 bits per heavy atom. The number of carbonyl (C=O) groups is 3. The molecular weight excluding hydrogens is 817 g/mol. The molecule has 384 valence electrons. The van der Waals surface area contributed by atoms with Crippen molar-refractivity contribution in [2.75, 3.05) is 13.2 Å². The van der Waals surface area contributed by atoms with Crippen LogP contribution in [0.3, 0.4) is 0 Å². The van der Waals surface area contributed by atoms with Gasteiger partial charge in [0.2, 0.25) is 0 Å². The van der Waals surface area contributed by atoms with Crippen LogP contribution in [0.1, 0.15) is 297 Å². The molecule has 0 amide bonds. The van der Waals surface area contributed by atoms with Crippen LogP contribution in [-0.4, -0.2) is 37.2 Å². The first kappa shape index (κ1) is 63.4. The predicted molar refractivity (Wildman–Crippen MR) is 284 cm³/mol. The van der Waals surface area contributed by atoms with E-state index < -0.39 is 6.10 Å². The van der Waals surface area contributed by atoms with Crippen molar-refractivity contribution in [3.8, 4) is 0 Å². The molecule has 0 fully saturated rings. The zero-order chi connectivity index (χ0) is 47.9. The zero-order valence-electron chi connectivity index (χ0n) is 44.0. The fraction of sp³-hybridized carbons (Fsp3) is 0.817. The van der Waals surface area contributed by atoms with Crippen molar-refractivity contribution < 1.29 is 28.6 Å². The summed E-state index contributed by atoms with van der Waals surface area (Å²) >= 11 is 0. The minimum Gasteiger partial charge on any atom is -0.462 e. The van der Waals surface area contributed by atoms with Gasteiger partial charge in [-0.25, -0.2) is 0 Å². The maximum Gasteiger partial charge on any atom is 0.306 e. The van der Waals surface area contributed by atoms with E-state index in [9.17, 15) is 14.4 Å². The normalized spacial score (nSPS) is 12.3. The molecule has 0 aromatic rings. The first-order valence-electron chi connectivity index (χ1n) is 28.6. The Labute approximate surface area is 409 Å². The molecule has 0 aromatic heterocycles. The summed E-state index contributed by atoms with van der Waals surface area (Å²) in [6.07, 6.45) is 66.8. The molecule has 1 atom stereocenters. The van der Waals surface area contributed by atoms with Gasteiger partial charge in [0.1, 0.15) is 13.2 Å². The maximum atomic E-state index is 12.8. The predicted octanol–water partition coefficient (Wildman–Crippen LogP) is 19.0. The van der Waals surface area contributed by atoms with Crippen LogP contribution in [0.2, 0.25) is 0 Å². The molecule has 6 nitrogen and oxygen atoms in total. The Morgan fingerprint density at radius 1 is 0.318 bits per heavy atom. The Hall–Kier alpha value is -2.63. The minimum absolute atomic E-state index is 0.0737. The van der Waals surface area contributed by atoms with Crippen molar-refractivity contribution in [2.24, 2.45) is 0 Å². The Balaban J connectivity index is 4.30. The summed E-state index contributed by atoms with van der Waals surface area (Å²) in [7, 11) is 0. The fourth-order valence-corrected chi connectivity index (χ4v) is 8.32. The number of allylic oxidation sites excluding steroid dienone is 8. The standard InChI is InChI=1S/C60H108O6/c1-4-7-10-13-16-19-22-24-26-28-30-32-34-36-38-41-44-47-50-53-59(62)65-56-57(55-64-58(61)52-49-46-43-40-21-18-15-12-9-6-3)66-60(63)54-51-48-45-42-39-37-35-33-31-29-27-25-23-20-17-14-11-8-5-2/h7,10,16,19,24,26,30,32,57H,4-6,8-9,11-15,17-18,20-23,25,27-29,31,33-56H2,1-3H3/b10-7-,19-16-,26-24-,32-30-. The van der Waals surface area contributed by atoms with Gasteiger partial charge in [0.25, 0.3) is 0 Å². The Kier molecular flexibility index (Phi) is 52.8. The van der Waals surface area contributed by atoms with E-state index in [-0.39, 0.29) is 31.1 Å². The van der Waals surface area contributed by atoms with Crippen molar-refractivity contribution in [1.29, 1.82) is 0 Å². The molecule has 1 unspecified atom stereocenters. The summed E-state index contributed by atoms with van der Waals surface area (Å²) in [5.74, 6) is -0.874. The lowest BCUT2D eigenvalue weighted by atomic mass is 10.0. The number of hydrogen-bond donors (Lipinski definition) is 0. The van der Waals surface area contributed by atoms with Crippen molar-refractivity contribution >= 4 is 17.9 Å². The molecule has 0 aromatic carbocycles. The summed E-state index contributed by atoms with van der Waals surface area (Å²) in [6, 6.07) is 0. The van der Waals surface area contributed by atoms with E-state index in [0.717, 1.165) is 89.9 Å².